The summed E-state index contributed by atoms with van der Waals surface area (Å²) in [4.78, 5) is 26.8. The zero-order chi connectivity index (χ0) is 15.4. The van der Waals surface area contributed by atoms with E-state index in [1.807, 2.05) is 6.92 Å². The maximum atomic E-state index is 13.6. The Morgan fingerprint density at radius 1 is 1.33 bits per heavy atom. The predicted molar refractivity (Wildman–Crippen MR) is 76.8 cm³/mol. The van der Waals surface area contributed by atoms with E-state index in [1.165, 1.54) is 11.0 Å². The second-order valence-electron chi connectivity index (χ2n) is 5.30. The fourth-order valence-corrected chi connectivity index (χ4v) is 2.40. The molecule has 1 heterocycles. The Morgan fingerprint density at radius 2 is 2.05 bits per heavy atom. The molecule has 1 N–H and O–H groups in total. The van der Waals surface area contributed by atoms with Crippen LogP contribution in [0.1, 0.15) is 25.3 Å². The van der Waals surface area contributed by atoms with Crippen molar-refractivity contribution in [2.45, 2.75) is 32.4 Å². The van der Waals surface area contributed by atoms with Crippen molar-refractivity contribution in [2.75, 3.05) is 13.7 Å². The highest BCUT2D eigenvalue weighted by molar-refractivity contribution is 6.04. The Morgan fingerprint density at radius 3 is 2.71 bits per heavy atom. The lowest BCUT2D eigenvalue weighted by molar-refractivity contribution is -0.129. The lowest BCUT2D eigenvalue weighted by atomic mass is 10.2. The number of hydrogen-bond donors (Lipinski definition) is 1. The van der Waals surface area contributed by atoms with E-state index in [4.69, 9.17) is 0 Å². The number of nitrogens with zero attached hydrogens (tertiary/aromatic N) is 2. The normalized spacial score (nSPS) is 18.5. The Hall–Kier alpha value is -1.95. The van der Waals surface area contributed by atoms with Gasteiger partial charge in [0.1, 0.15) is 11.9 Å². The van der Waals surface area contributed by atoms with Crippen LogP contribution in [0, 0.1) is 5.82 Å². The zero-order valence-corrected chi connectivity index (χ0v) is 12.3. The van der Waals surface area contributed by atoms with Gasteiger partial charge in [-0.2, -0.15) is 0 Å². The fourth-order valence-electron chi connectivity index (χ4n) is 2.40. The second kappa shape index (κ2) is 6.67. The smallest absolute Gasteiger partial charge is 0.325 e. The van der Waals surface area contributed by atoms with Crippen LogP contribution >= 0.6 is 0 Å². The van der Waals surface area contributed by atoms with Gasteiger partial charge in [0, 0.05) is 12.1 Å². The lowest BCUT2D eigenvalue weighted by Gasteiger charge is -2.22. The van der Waals surface area contributed by atoms with Crippen LogP contribution in [0.2, 0.25) is 0 Å². The van der Waals surface area contributed by atoms with Crippen molar-refractivity contribution in [1.29, 1.82) is 0 Å². The molecule has 0 spiro atoms. The number of imide groups is 1. The van der Waals surface area contributed by atoms with Crippen molar-refractivity contribution < 1.29 is 14.0 Å². The summed E-state index contributed by atoms with van der Waals surface area (Å²) in [5, 5.41) is 2.67. The standard InChI is InChI=1S/C15H20FN3O2/c1-3-6-13-14(20)19(15(21)17-13)10-18(2)9-11-7-4-5-8-12(11)16/h4-5,7-8,13H,3,6,9-10H2,1-2H3,(H,17,21)/t13-/m0/s1. The molecule has 2 rings (SSSR count). The molecular weight excluding hydrogens is 273 g/mol. The summed E-state index contributed by atoms with van der Waals surface area (Å²) in [6.45, 7) is 2.45. The monoisotopic (exact) mass is 293 g/mol. The molecule has 0 aromatic heterocycles. The van der Waals surface area contributed by atoms with Crippen LogP contribution in [0.25, 0.3) is 0 Å². The number of benzene rings is 1. The molecule has 0 bridgehead atoms. The molecule has 1 aliphatic rings. The van der Waals surface area contributed by atoms with Gasteiger partial charge in [-0.1, -0.05) is 31.5 Å². The quantitative estimate of drug-likeness (QED) is 0.816. The first kappa shape index (κ1) is 15.4. The van der Waals surface area contributed by atoms with E-state index in [0.29, 0.717) is 18.5 Å². The van der Waals surface area contributed by atoms with Gasteiger partial charge >= 0.3 is 6.03 Å². The van der Waals surface area contributed by atoms with Gasteiger partial charge in [0.2, 0.25) is 0 Å². The molecule has 0 radical (unpaired) electrons. The number of carbonyl (C=O) groups is 2. The van der Waals surface area contributed by atoms with Crippen molar-refractivity contribution >= 4 is 11.9 Å². The summed E-state index contributed by atoms with van der Waals surface area (Å²) in [7, 11) is 1.75. The van der Waals surface area contributed by atoms with Gasteiger partial charge in [-0.3, -0.25) is 9.69 Å². The van der Waals surface area contributed by atoms with Crippen molar-refractivity contribution in [3.05, 3.63) is 35.6 Å². The SMILES string of the molecule is CCC[C@@H]1NC(=O)N(CN(C)Cc2ccccc2F)C1=O. The van der Waals surface area contributed by atoms with Crippen molar-refractivity contribution in [3.8, 4) is 0 Å². The number of halogens is 1. The van der Waals surface area contributed by atoms with E-state index in [2.05, 4.69) is 5.32 Å². The van der Waals surface area contributed by atoms with Crippen LogP contribution in [-0.4, -0.2) is 41.5 Å². The first-order chi connectivity index (χ1) is 10.0. The number of amides is 3. The molecular formula is C15H20FN3O2. The molecule has 0 saturated carbocycles. The molecule has 5 nitrogen and oxygen atoms in total. The van der Waals surface area contributed by atoms with E-state index in [9.17, 15) is 14.0 Å². The average molecular weight is 293 g/mol. The van der Waals surface area contributed by atoms with Gasteiger partial charge in [-0.15, -0.1) is 0 Å². The van der Waals surface area contributed by atoms with Crippen LogP contribution in [0.4, 0.5) is 9.18 Å². The fraction of sp³-hybridized carbons (Fsp3) is 0.467. The van der Waals surface area contributed by atoms with E-state index < -0.39 is 6.04 Å². The summed E-state index contributed by atoms with van der Waals surface area (Å²) in [5.74, 6) is -0.493. The van der Waals surface area contributed by atoms with E-state index in [-0.39, 0.29) is 24.4 Å². The van der Waals surface area contributed by atoms with Gasteiger partial charge < -0.3 is 5.32 Å². The van der Waals surface area contributed by atoms with Crippen LogP contribution < -0.4 is 5.32 Å². The number of nitrogens with one attached hydrogen (secondary N) is 1. The lowest BCUT2D eigenvalue weighted by Crippen LogP contribution is -2.40. The highest BCUT2D eigenvalue weighted by atomic mass is 19.1. The van der Waals surface area contributed by atoms with Gasteiger partial charge in [0.05, 0.1) is 6.67 Å². The third-order valence-electron chi connectivity index (χ3n) is 3.47. The van der Waals surface area contributed by atoms with Gasteiger partial charge in [0.15, 0.2) is 0 Å². The highest BCUT2D eigenvalue weighted by Gasteiger charge is 2.37. The third kappa shape index (κ3) is 3.58. The minimum atomic E-state index is -0.427. The molecule has 6 heteroatoms. The largest absolute Gasteiger partial charge is 0.326 e. The molecule has 1 aliphatic heterocycles. The van der Waals surface area contributed by atoms with Crippen molar-refractivity contribution in [3.63, 3.8) is 0 Å². The van der Waals surface area contributed by atoms with Crippen molar-refractivity contribution in [2.24, 2.45) is 0 Å². The molecule has 114 valence electrons. The highest BCUT2D eigenvalue weighted by Crippen LogP contribution is 2.13. The molecule has 1 aromatic carbocycles. The van der Waals surface area contributed by atoms with Crippen molar-refractivity contribution in [1.82, 2.24) is 15.1 Å². The minimum absolute atomic E-state index is 0.152. The first-order valence-electron chi connectivity index (χ1n) is 7.06. The Labute approximate surface area is 123 Å². The first-order valence-corrected chi connectivity index (χ1v) is 7.06. The molecule has 1 saturated heterocycles. The number of urea groups is 1. The van der Waals surface area contributed by atoms with E-state index in [1.54, 1.807) is 30.1 Å². The molecule has 0 aliphatic carbocycles. The van der Waals surface area contributed by atoms with Gasteiger partial charge in [-0.05, 0) is 19.5 Å². The number of hydrogen-bond acceptors (Lipinski definition) is 3. The molecule has 0 unspecified atom stereocenters. The minimum Gasteiger partial charge on any atom is -0.326 e. The van der Waals surface area contributed by atoms with Gasteiger partial charge in [0.25, 0.3) is 5.91 Å². The van der Waals surface area contributed by atoms with Crippen LogP contribution in [0.3, 0.4) is 0 Å². The summed E-state index contributed by atoms with van der Waals surface area (Å²) in [6, 6.07) is 5.68. The maximum absolute atomic E-state index is 13.6. The van der Waals surface area contributed by atoms with Crippen LogP contribution in [0.15, 0.2) is 24.3 Å². The molecule has 1 fully saturated rings. The maximum Gasteiger partial charge on any atom is 0.325 e. The number of carbonyl (C=O) groups excluding carboxylic acids is 2. The van der Waals surface area contributed by atoms with Crippen LogP contribution in [-0.2, 0) is 11.3 Å². The van der Waals surface area contributed by atoms with E-state index in [0.717, 1.165) is 6.42 Å². The summed E-state index contributed by atoms with van der Waals surface area (Å²) in [5.41, 5.74) is 0.539. The predicted octanol–water partition coefficient (Wildman–Crippen LogP) is 1.94. The molecule has 1 atom stereocenters. The molecule has 1 aromatic rings. The Balaban J connectivity index is 1.96. The topological polar surface area (TPSA) is 52.7 Å². The Bertz CT molecular complexity index is 535. The number of rotatable bonds is 6. The van der Waals surface area contributed by atoms with Crippen LogP contribution in [0.5, 0.6) is 0 Å². The summed E-state index contributed by atoms with van der Waals surface area (Å²) < 4.78 is 13.6. The average Bonchev–Trinajstić information content (AvgIpc) is 2.70. The molecule has 3 amide bonds. The Kier molecular flexibility index (Phi) is 4.90. The summed E-state index contributed by atoms with van der Waals surface area (Å²) in [6.07, 6.45) is 1.47. The van der Waals surface area contributed by atoms with E-state index >= 15 is 0 Å². The summed E-state index contributed by atoms with van der Waals surface area (Å²) >= 11 is 0. The third-order valence-corrected chi connectivity index (χ3v) is 3.47. The second-order valence-corrected chi connectivity index (χ2v) is 5.30. The zero-order valence-electron chi connectivity index (χ0n) is 12.3. The van der Waals surface area contributed by atoms with Gasteiger partial charge in [-0.25, -0.2) is 14.1 Å². The molecule has 21 heavy (non-hydrogen) atoms.